The molecule has 59 heavy (non-hydrogen) atoms. The van der Waals surface area contributed by atoms with Crippen molar-refractivity contribution in [2.75, 3.05) is 5.43 Å². The maximum Gasteiger partial charge on any atom is 2.00 e. The van der Waals surface area contributed by atoms with Crippen molar-refractivity contribution >= 4 is 17.3 Å². The van der Waals surface area contributed by atoms with Crippen LogP contribution >= 0.6 is 0 Å². The first-order valence-electron chi connectivity index (χ1n) is 16.1. The predicted molar refractivity (Wildman–Crippen MR) is 190 cm³/mol. The zero-order chi connectivity index (χ0) is 41.4. The Balaban J connectivity index is 0.000000412. The third kappa shape index (κ3) is 23.2. The number of halogens is 2. The van der Waals surface area contributed by atoms with E-state index in [4.69, 9.17) is 37.3 Å². The molecule has 17 nitrogen and oxygen atoms in total. The van der Waals surface area contributed by atoms with Gasteiger partial charge in [0.05, 0.1) is 22.8 Å². The fourth-order valence-electron chi connectivity index (χ4n) is 4.17. The van der Waals surface area contributed by atoms with Gasteiger partial charge in [0, 0.05) is 42.1 Å². The second-order valence-electron chi connectivity index (χ2n) is 10.5. The van der Waals surface area contributed by atoms with Gasteiger partial charge in [-0.1, -0.05) is 91.0 Å². The predicted octanol–water partition coefficient (Wildman–Crippen LogP) is -2.27. The van der Waals surface area contributed by atoms with Crippen LogP contribution in [0.3, 0.4) is 0 Å². The number of benzene rings is 2. The Hall–Kier alpha value is -5.83. The van der Waals surface area contributed by atoms with Gasteiger partial charge in [-0.15, -0.1) is 20.5 Å². The van der Waals surface area contributed by atoms with Gasteiger partial charge < -0.3 is 5.48 Å². The molecule has 20 heteroatoms. The molecule has 7 aromatic rings. The molecule has 5 aromatic heterocycles. The summed E-state index contributed by atoms with van der Waals surface area (Å²) in [7, 11) is -9.89. The van der Waals surface area contributed by atoms with Crippen LogP contribution in [-0.4, -0.2) is 41.9 Å². The van der Waals surface area contributed by atoms with Gasteiger partial charge in [-0.2, -0.15) is 5.10 Å². The monoisotopic (exact) mass is 931 g/mol. The quantitative estimate of drug-likeness (QED) is 0.0762. The molecule has 0 bridgehead atoms. The van der Waals surface area contributed by atoms with E-state index in [2.05, 4.69) is 35.4 Å². The molecule has 7 rings (SSSR count). The van der Waals surface area contributed by atoms with E-state index in [1.54, 1.807) is 49.2 Å². The average molecular weight is 932 g/mol. The van der Waals surface area contributed by atoms with Gasteiger partial charge in [0.2, 0.25) is 5.78 Å². The number of rotatable bonds is 7. The molecule has 0 aliphatic carbocycles. The number of nitrogens with zero attached hydrogens (tertiary/aromatic N) is 6. The molecule has 2 aromatic carbocycles. The van der Waals surface area contributed by atoms with E-state index < -0.39 is 20.5 Å². The number of anilines is 1. The summed E-state index contributed by atoms with van der Waals surface area (Å²) in [5.74, 6) is 0.446. The maximum absolute atomic E-state index is 12.8. The first-order valence-corrected chi connectivity index (χ1v) is 18.5. The summed E-state index contributed by atoms with van der Waals surface area (Å²) in [4.78, 5) is 33.7. The fraction of sp³-hybridized carbons (Fsp3) is 0. The van der Waals surface area contributed by atoms with Crippen LogP contribution in [0.4, 0.5) is 5.82 Å². The van der Waals surface area contributed by atoms with Gasteiger partial charge in [-0.05, 0) is 60.7 Å². The van der Waals surface area contributed by atoms with E-state index in [1.165, 1.54) is 0 Å². The number of Topliss-reactive ketones (excluding diaryl/α,β-unsaturated/α-hetero) is 1. The summed E-state index contributed by atoms with van der Waals surface area (Å²) in [5.41, 5.74) is 8.21. The molecule has 0 saturated heterocycles. The molecule has 0 unspecified atom stereocenters. The van der Waals surface area contributed by atoms with E-state index in [0.29, 0.717) is 17.1 Å². The van der Waals surface area contributed by atoms with Crippen LogP contribution in [0.1, 0.15) is 15.9 Å². The number of hydrogen-bond donors (Lipinski definition) is 1. The van der Waals surface area contributed by atoms with Crippen molar-refractivity contribution < 1.29 is 87.5 Å². The largest absolute Gasteiger partial charge is 2.00 e. The molecular weight excluding hydrogens is 898 g/mol. The van der Waals surface area contributed by atoms with E-state index in [9.17, 15) is 4.79 Å². The van der Waals surface area contributed by atoms with E-state index in [1.807, 2.05) is 133 Å². The van der Waals surface area contributed by atoms with E-state index in [-0.39, 0.29) is 30.7 Å². The molecule has 3 N–H and O–H groups in total. The summed E-state index contributed by atoms with van der Waals surface area (Å²) >= 11 is 0. The average Bonchev–Trinajstić information content (AvgIpc) is 3.22. The minimum atomic E-state index is -4.94. The van der Waals surface area contributed by atoms with Crippen molar-refractivity contribution in [2.45, 2.75) is 0 Å². The summed E-state index contributed by atoms with van der Waals surface area (Å²) < 4.78 is 67.9. The SMILES string of the molecule is O.O=C(/C(=N/Nc1ccccn1)c1ccccc1)c1ccccc1.[O-][Cl+3]([O-])([O-])[O-].[O-][Cl+3]([O-])([O-])[O-].[Ru+2].c1ccc(-c2ccccn2)nc1.c1ccc(-c2ccccn2)nc1. The van der Waals surface area contributed by atoms with Gasteiger partial charge in [0.15, 0.2) is 0 Å². The zero-order valence-corrected chi connectivity index (χ0v) is 33.5. The van der Waals surface area contributed by atoms with Crippen LogP contribution in [0.5, 0.6) is 0 Å². The van der Waals surface area contributed by atoms with Crippen molar-refractivity contribution in [3.63, 3.8) is 0 Å². The molecule has 306 valence electrons. The maximum atomic E-state index is 12.8. The number of carbonyl (C=O) groups is 1. The molecule has 0 spiro atoms. The summed E-state index contributed by atoms with van der Waals surface area (Å²) in [6.45, 7) is 0. The first kappa shape index (κ1) is 51.2. The Morgan fingerprint density at radius 3 is 1.00 bits per heavy atom. The van der Waals surface area contributed by atoms with E-state index >= 15 is 0 Å². The second-order valence-corrected chi connectivity index (χ2v) is 12.0. The van der Waals surface area contributed by atoms with Crippen LogP contribution in [0, 0.1) is 20.5 Å². The number of pyridine rings is 5. The van der Waals surface area contributed by atoms with Crippen LogP contribution < -0.4 is 42.7 Å². The minimum Gasteiger partial charge on any atom is -0.412 e. The van der Waals surface area contributed by atoms with Gasteiger partial charge in [0.1, 0.15) is 11.5 Å². The Morgan fingerprint density at radius 2 is 0.712 bits per heavy atom. The standard InChI is InChI=1S/C19H15N3O.2C10H8N2.2ClHO4.H2O.Ru/c23-19(16-11-5-2-6-12-16)18(15-9-3-1-4-10-15)22-21-17-13-7-8-14-20-17;2*1-3-7-11-9(5-1)10-6-2-4-8-12-10;2*2-1(3,4)5;;/h1-14H,(H,20,21);2*1-8H;2*(H,2,3,4,5);1H2;/q;;;;;;+2/p-2/b22-18+;;;;;;. The smallest absolute Gasteiger partial charge is 0.412 e. The van der Waals surface area contributed by atoms with Crippen LogP contribution in [0.25, 0.3) is 22.8 Å². The van der Waals surface area contributed by atoms with Crippen LogP contribution in [0.2, 0.25) is 0 Å². The minimum absolute atomic E-state index is 0. The van der Waals surface area contributed by atoms with Crippen molar-refractivity contribution in [3.05, 3.63) is 194 Å². The van der Waals surface area contributed by atoms with Gasteiger partial charge in [-0.25, -0.2) is 42.3 Å². The number of nitrogens with one attached hydrogen (secondary N) is 1. The van der Waals surface area contributed by atoms with Crippen LogP contribution in [-0.2, 0) is 19.5 Å². The normalized spacial score (nSPS) is 10.3. The van der Waals surface area contributed by atoms with Crippen molar-refractivity contribution in [1.29, 1.82) is 0 Å². The van der Waals surface area contributed by atoms with Crippen molar-refractivity contribution in [3.8, 4) is 22.8 Å². The first-order chi connectivity index (χ1) is 27.3. The Kier molecular flexibility index (Phi) is 24.1. The Morgan fingerprint density at radius 1 is 0.424 bits per heavy atom. The van der Waals surface area contributed by atoms with Gasteiger partial charge >= 0.3 is 19.5 Å². The molecular formula is C39H33Cl2N7O10Ru. The molecule has 0 aliphatic rings. The molecule has 5 heterocycles. The Bertz CT molecular complexity index is 2000. The molecule has 0 atom stereocenters. The Labute approximate surface area is 355 Å². The molecule has 0 fully saturated rings. The molecule has 0 saturated carbocycles. The number of carbonyl (C=O) groups excluding carboxylic acids is 1. The van der Waals surface area contributed by atoms with E-state index in [0.717, 1.165) is 28.3 Å². The van der Waals surface area contributed by atoms with Crippen molar-refractivity contribution in [1.82, 2.24) is 24.9 Å². The molecule has 0 aliphatic heterocycles. The number of hydrogen-bond acceptors (Lipinski definition) is 16. The summed E-state index contributed by atoms with van der Waals surface area (Å²) in [6.07, 6.45) is 8.74. The number of ketones is 1. The van der Waals surface area contributed by atoms with Crippen LogP contribution in [0.15, 0.2) is 188 Å². The third-order valence-corrected chi connectivity index (χ3v) is 6.43. The second kappa shape index (κ2) is 27.7. The topological polar surface area (TPSA) is 322 Å². The molecule has 0 radical (unpaired) electrons. The molecule has 0 amide bonds. The van der Waals surface area contributed by atoms with Crippen molar-refractivity contribution in [2.24, 2.45) is 5.10 Å². The fourth-order valence-corrected chi connectivity index (χ4v) is 4.17. The van der Waals surface area contributed by atoms with Gasteiger partial charge in [-0.3, -0.25) is 30.2 Å². The summed E-state index contributed by atoms with van der Waals surface area (Å²) in [5, 5.41) is 4.30. The van der Waals surface area contributed by atoms with Gasteiger partial charge in [0.25, 0.3) is 0 Å². The number of aromatic nitrogens is 5. The third-order valence-electron chi connectivity index (χ3n) is 6.43. The zero-order valence-electron chi connectivity index (χ0n) is 30.3. The number of hydrazone groups is 1. The summed E-state index contributed by atoms with van der Waals surface area (Å²) in [6, 6.07) is 47.1.